The average Bonchev–Trinajstić information content (AvgIpc) is 3.27. The number of Topliss-reactive ketones (excluding diaryl/α,β-unsaturated/α-hetero) is 1. The van der Waals surface area contributed by atoms with Crippen LogP contribution in [0, 0.1) is 5.41 Å². The molecule has 0 amide bonds. The molecule has 0 saturated heterocycles. The predicted octanol–water partition coefficient (Wildman–Crippen LogP) is 9.46. The normalized spacial score (nSPS) is 18.3. The number of ketones is 1. The Kier molecular flexibility index (Phi) is 5.66. The van der Waals surface area contributed by atoms with Crippen LogP contribution in [0.3, 0.4) is 0 Å². The lowest BCUT2D eigenvalue weighted by Crippen LogP contribution is -2.33. The van der Waals surface area contributed by atoms with E-state index in [4.69, 9.17) is 23.2 Å². The lowest BCUT2D eigenvalue weighted by Gasteiger charge is -2.40. The third-order valence-electron chi connectivity index (χ3n) is 8.21. The van der Waals surface area contributed by atoms with Gasteiger partial charge in [-0.05, 0) is 58.0 Å². The van der Waals surface area contributed by atoms with E-state index in [2.05, 4.69) is 90.6 Å². The maximum atomic E-state index is 13.9. The van der Waals surface area contributed by atoms with Crippen LogP contribution < -0.4 is 5.32 Å². The van der Waals surface area contributed by atoms with Crippen LogP contribution in [0.2, 0.25) is 10.0 Å². The largest absolute Gasteiger partial charge is 0.373 e. The summed E-state index contributed by atoms with van der Waals surface area (Å²) in [6, 6.07) is 26.8. The van der Waals surface area contributed by atoms with Crippen molar-refractivity contribution in [3.05, 3.63) is 117 Å². The molecular formula is C34H28Cl2N2O. The predicted molar refractivity (Wildman–Crippen MR) is 163 cm³/mol. The Morgan fingerprint density at radius 2 is 1.67 bits per heavy atom. The van der Waals surface area contributed by atoms with Crippen LogP contribution in [-0.2, 0) is 11.3 Å². The topological polar surface area (TPSA) is 34.0 Å². The highest BCUT2D eigenvalue weighted by Crippen LogP contribution is 2.52. The van der Waals surface area contributed by atoms with Gasteiger partial charge in [0.15, 0.2) is 5.78 Å². The number of nitrogens with zero attached hydrogens (tertiary/aromatic N) is 1. The summed E-state index contributed by atoms with van der Waals surface area (Å²) >= 11 is 12.5. The fourth-order valence-corrected chi connectivity index (χ4v) is 6.86. The van der Waals surface area contributed by atoms with Crippen molar-refractivity contribution in [2.45, 2.75) is 39.3 Å². The van der Waals surface area contributed by atoms with E-state index < -0.39 is 0 Å². The third-order valence-corrected chi connectivity index (χ3v) is 8.95. The highest BCUT2D eigenvalue weighted by Gasteiger charge is 2.41. The number of fused-ring (bicyclic) bond motifs is 5. The summed E-state index contributed by atoms with van der Waals surface area (Å²) in [6.45, 7) is 5.07. The molecule has 1 aliphatic heterocycles. The van der Waals surface area contributed by atoms with Crippen molar-refractivity contribution in [3.63, 3.8) is 0 Å². The van der Waals surface area contributed by atoms with Crippen LogP contribution in [0.4, 0.5) is 5.69 Å². The Morgan fingerprint density at radius 3 is 2.49 bits per heavy atom. The summed E-state index contributed by atoms with van der Waals surface area (Å²) in [5.41, 5.74) is 7.59. The second-order valence-corrected chi connectivity index (χ2v) is 12.4. The zero-order valence-electron chi connectivity index (χ0n) is 21.9. The first kappa shape index (κ1) is 24.5. The molecule has 3 nitrogen and oxygen atoms in total. The average molecular weight is 552 g/mol. The highest BCUT2D eigenvalue weighted by molar-refractivity contribution is 6.42. The van der Waals surface area contributed by atoms with Gasteiger partial charge in [-0.25, -0.2) is 0 Å². The van der Waals surface area contributed by atoms with E-state index in [1.54, 1.807) is 0 Å². The number of carbonyl (C=O) groups excluding carboxylic acids is 1. The summed E-state index contributed by atoms with van der Waals surface area (Å²) in [4.78, 5) is 13.9. The number of allylic oxidation sites excluding steroid dienone is 1. The molecule has 0 fully saturated rings. The zero-order chi connectivity index (χ0) is 26.9. The molecule has 1 atom stereocenters. The van der Waals surface area contributed by atoms with Crippen molar-refractivity contribution >= 4 is 61.9 Å². The molecule has 2 aliphatic rings. The lowest BCUT2D eigenvalue weighted by atomic mass is 9.68. The van der Waals surface area contributed by atoms with Gasteiger partial charge in [-0.2, -0.15) is 0 Å². The summed E-state index contributed by atoms with van der Waals surface area (Å²) in [6.07, 6.45) is 3.62. The third kappa shape index (κ3) is 4.07. The van der Waals surface area contributed by atoms with Gasteiger partial charge in [-0.15, -0.1) is 0 Å². The van der Waals surface area contributed by atoms with Crippen molar-refractivity contribution in [2.24, 2.45) is 5.41 Å². The van der Waals surface area contributed by atoms with Gasteiger partial charge in [0.05, 0.1) is 16.1 Å². The molecule has 5 heteroatoms. The van der Waals surface area contributed by atoms with Gasteiger partial charge in [0.25, 0.3) is 0 Å². The molecule has 39 heavy (non-hydrogen) atoms. The minimum atomic E-state index is -0.225. The molecule has 1 N–H and O–H groups in total. The molecule has 194 valence electrons. The molecule has 0 unspecified atom stereocenters. The SMILES string of the molecule is CC1(C)CC(=O)C2=C(C1)c1c(ccc3ccccc13)N[C@H]2c1cn(Cc2ccc(Cl)c(Cl)c2)c2ccccc12. The van der Waals surface area contributed by atoms with E-state index in [-0.39, 0.29) is 17.2 Å². The van der Waals surface area contributed by atoms with Crippen molar-refractivity contribution in [1.82, 2.24) is 4.57 Å². The number of hydrogen-bond acceptors (Lipinski definition) is 2. The minimum Gasteiger partial charge on any atom is -0.373 e. The van der Waals surface area contributed by atoms with Crippen molar-refractivity contribution < 1.29 is 4.79 Å². The molecule has 0 saturated carbocycles. The second-order valence-electron chi connectivity index (χ2n) is 11.6. The van der Waals surface area contributed by atoms with Gasteiger partial charge >= 0.3 is 0 Å². The van der Waals surface area contributed by atoms with Crippen LogP contribution in [-0.4, -0.2) is 10.4 Å². The first-order valence-corrected chi connectivity index (χ1v) is 14.1. The fourth-order valence-electron chi connectivity index (χ4n) is 6.54. The van der Waals surface area contributed by atoms with Crippen LogP contribution in [0.25, 0.3) is 27.2 Å². The second kappa shape index (κ2) is 9.01. The number of halogens is 2. The van der Waals surface area contributed by atoms with Crippen molar-refractivity contribution in [1.29, 1.82) is 0 Å². The van der Waals surface area contributed by atoms with Crippen LogP contribution in [0.15, 0.2) is 90.6 Å². The van der Waals surface area contributed by atoms with E-state index in [9.17, 15) is 4.79 Å². The van der Waals surface area contributed by atoms with E-state index in [1.165, 1.54) is 21.9 Å². The maximum Gasteiger partial charge on any atom is 0.162 e. The van der Waals surface area contributed by atoms with Gasteiger partial charge in [-0.3, -0.25) is 4.79 Å². The van der Waals surface area contributed by atoms with Gasteiger partial charge in [0, 0.05) is 52.5 Å². The Labute approximate surface area is 238 Å². The number of hydrogen-bond donors (Lipinski definition) is 1. The highest BCUT2D eigenvalue weighted by atomic mass is 35.5. The Bertz CT molecular complexity index is 1850. The van der Waals surface area contributed by atoms with Crippen LogP contribution in [0.5, 0.6) is 0 Å². The molecular weight excluding hydrogens is 523 g/mol. The van der Waals surface area contributed by atoms with E-state index in [0.29, 0.717) is 23.0 Å². The number of para-hydroxylation sites is 1. The number of benzene rings is 4. The summed E-state index contributed by atoms with van der Waals surface area (Å²) in [5.74, 6) is 0.235. The molecule has 1 aliphatic carbocycles. The Morgan fingerprint density at radius 1 is 0.897 bits per heavy atom. The number of anilines is 1. The van der Waals surface area contributed by atoms with Crippen LogP contribution >= 0.6 is 23.2 Å². The number of aromatic nitrogens is 1. The van der Waals surface area contributed by atoms with Gasteiger partial charge in [0.2, 0.25) is 0 Å². The molecule has 0 radical (unpaired) electrons. The van der Waals surface area contributed by atoms with Crippen molar-refractivity contribution in [3.8, 4) is 0 Å². The number of nitrogens with one attached hydrogen (secondary N) is 1. The summed E-state index contributed by atoms with van der Waals surface area (Å²) in [7, 11) is 0. The first-order chi connectivity index (χ1) is 18.8. The zero-order valence-corrected chi connectivity index (χ0v) is 23.4. The van der Waals surface area contributed by atoms with Crippen LogP contribution in [0.1, 0.15) is 49.4 Å². The molecule has 5 aromatic rings. The van der Waals surface area contributed by atoms with Gasteiger partial charge < -0.3 is 9.88 Å². The number of rotatable bonds is 3. The Balaban J connectivity index is 1.43. The fraction of sp³-hybridized carbons (Fsp3) is 0.206. The smallest absolute Gasteiger partial charge is 0.162 e. The van der Waals surface area contributed by atoms with E-state index >= 15 is 0 Å². The van der Waals surface area contributed by atoms with Gasteiger partial charge in [0.1, 0.15) is 0 Å². The number of carbonyl (C=O) groups is 1. The lowest BCUT2D eigenvalue weighted by molar-refractivity contribution is -0.118. The van der Waals surface area contributed by atoms with E-state index in [1.807, 2.05) is 18.2 Å². The monoisotopic (exact) mass is 550 g/mol. The van der Waals surface area contributed by atoms with Crippen molar-refractivity contribution in [2.75, 3.05) is 5.32 Å². The van der Waals surface area contributed by atoms with E-state index in [0.717, 1.165) is 39.7 Å². The maximum absolute atomic E-state index is 13.9. The quantitative estimate of drug-likeness (QED) is 0.242. The molecule has 1 aromatic heterocycles. The molecule has 7 rings (SSSR count). The Hall–Kier alpha value is -3.53. The molecule has 0 bridgehead atoms. The van der Waals surface area contributed by atoms with Gasteiger partial charge in [-0.1, -0.05) is 91.6 Å². The molecule has 0 spiro atoms. The first-order valence-electron chi connectivity index (χ1n) is 13.4. The summed E-state index contributed by atoms with van der Waals surface area (Å²) in [5, 5.41) is 8.45. The minimum absolute atomic E-state index is 0.0894. The standard InChI is InChI=1S/C34H28Cl2N2O/c1-34(2)16-24-31-22-8-4-3-7-21(22)12-14-28(31)37-33(32(24)30(39)17-34)25-19-38(29-10-6-5-9-23(25)29)18-20-11-13-26(35)27(36)15-20/h3-15,19,33,37H,16-18H2,1-2H3/t33-/m0/s1. The summed E-state index contributed by atoms with van der Waals surface area (Å²) < 4.78 is 2.25. The molecule has 4 aromatic carbocycles. The molecule has 2 heterocycles.